The van der Waals surface area contributed by atoms with E-state index in [1.54, 1.807) is 42.5 Å². The molecule has 0 aliphatic carbocycles. The molecule has 0 spiro atoms. The van der Waals surface area contributed by atoms with E-state index in [1.807, 2.05) is 38.1 Å². The molecule has 0 saturated heterocycles. The maximum absolute atomic E-state index is 12.7. The normalized spacial score (nSPS) is 10.7. The van der Waals surface area contributed by atoms with Gasteiger partial charge in [-0.15, -0.1) is 0 Å². The minimum absolute atomic E-state index is 0.0337. The predicted octanol–water partition coefficient (Wildman–Crippen LogP) is 8.68. The van der Waals surface area contributed by atoms with Crippen LogP contribution in [0.25, 0.3) is 0 Å². The molecule has 0 fully saturated rings. The number of ether oxygens (including phenoxy) is 8. The summed E-state index contributed by atoms with van der Waals surface area (Å²) >= 11 is 0. The first-order chi connectivity index (χ1) is 23.1. The molecule has 9 heteroatoms. The van der Waals surface area contributed by atoms with E-state index in [-0.39, 0.29) is 13.6 Å². The minimum atomic E-state index is -0.439. The monoisotopic (exact) mass is 650 g/mol. The third kappa shape index (κ3) is 15.8. The molecule has 0 aromatic heterocycles. The van der Waals surface area contributed by atoms with Gasteiger partial charge >= 0.3 is 5.97 Å². The third-order valence-electron chi connectivity index (χ3n) is 7.09. The topological polar surface area (TPSA) is 90.9 Å². The molecule has 3 aromatic carbocycles. The first-order valence-electron chi connectivity index (χ1n) is 16.5. The standard InChI is InChI=1S/C38H50O9/c1-4-40-24-10-6-8-12-26-43-33-16-14-32(15-17-33)38(39)47-36-22-23-37(31(3)28-36)46-30-45-35-20-18-34(19-21-35)44-27-13-9-7-11-25-42-29-41-5-2/h5,14-23,28H,2,4,6-13,24-27,29-30H2,1,3H3. The maximum Gasteiger partial charge on any atom is 0.343 e. The highest BCUT2D eigenvalue weighted by atomic mass is 16.7. The quantitative estimate of drug-likeness (QED) is 0.0278. The van der Waals surface area contributed by atoms with Crippen LogP contribution in [-0.2, 0) is 14.2 Å². The average Bonchev–Trinajstić information content (AvgIpc) is 3.08. The van der Waals surface area contributed by atoms with Gasteiger partial charge in [0.1, 0.15) is 28.7 Å². The highest BCUT2D eigenvalue weighted by molar-refractivity contribution is 5.91. The molecule has 0 unspecified atom stereocenters. The number of unbranched alkanes of at least 4 members (excludes halogenated alkanes) is 6. The van der Waals surface area contributed by atoms with Gasteiger partial charge in [0.2, 0.25) is 6.79 Å². The molecule has 0 N–H and O–H groups in total. The Morgan fingerprint density at radius 2 is 1.15 bits per heavy atom. The number of esters is 1. The van der Waals surface area contributed by atoms with Crippen LogP contribution in [-0.4, -0.2) is 52.6 Å². The Balaban J connectivity index is 1.29. The summed E-state index contributed by atoms with van der Waals surface area (Å²) in [5.74, 6) is 2.83. The van der Waals surface area contributed by atoms with Gasteiger partial charge in [0.05, 0.1) is 31.6 Å². The van der Waals surface area contributed by atoms with Crippen molar-refractivity contribution in [3.05, 3.63) is 90.7 Å². The molecule has 0 radical (unpaired) electrons. The molecule has 3 rings (SSSR count). The van der Waals surface area contributed by atoms with Crippen molar-refractivity contribution in [1.82, 2.24) is 0 Å². The summed E-state index contributed by atoms with van der Waals surface area (Å²) in [6.45, 7) is 11.2. The van der Waals surface area contributed by atoms with Gasteiger partial charge in [-0.3, -0.25) is 0 Å². The Kier molecular flexibility index (Phi) is 18.4. The molecule has 256 valence electrons. The lowest BCUT2D eigenvalue weighted by Gasteiger charge is -2.12. The molecule has 0 atom stereocenters. The molecule has 0 saturated carbocycles. The van der Waals surface area contributed by atoms with Gasteiger partial charge in [0.25, 0.3) is 0 Å². The van der Waals surface area contributed by atoms with Gasteiger partial charge in [0, 0.05) is 13.2 Å². The van der Waals surface area contributed by atoms with Crippen LogP contribution in [0.1, 0.15) is 74.2 Å². The number of hydrogen-bond acceptors (Lipinski definition) is 9. The van der Waals surface area contributed by atoms with Crippen molar-refractivity contribution in [3.63, 3.8) is 0 Å². The lowest BCUT2D eigenvalue weighted by Crippen LogP contribution is -2.09. The lowest BCUT2D eigenvalue weighted by atomic mass is 10.2. The fourth-order valence-corrected chi connectivity index (χ4v) is 4.49. The summed E-state index contributed by atoms with van der Waals surface area (Å²) in [6, 6.07) is 19.7. The van der Waals surface area contributed by atoms with E-state index in [4.69, 9.17) is 37.9 Å². The van der Waals surface area contributed by atoms with Crippen LogP contribution in [0, 0.1) is 6.92 Å². The van der Waals surface area contributed by atoms with E-state index in [0.29, 0.717) is 42.6 Å². The van der Waals surface area contributed by atoms with Gasteiger partial charge in [-0.25, -0.2) is 4.79 Å². The highest BCUT2D eigenvalue weighted by Gasteiger charge is 2.11. The van der Waals surface area contributed by atoms with E-state index < -0.39 is 5.97 Å². The highest BCUT2D eigenvalue weighted by Crippen LogP contribution is 2.25. The van der Waals surface area contributed by atoms with Crippen molar-refractivity contribution in [2.45, 2.75) is 65.2 Å². The largest absolute Gasteiger partial charge is 0.494 e. The molecular weight excluding hydrogens is 600 g/mol. The fraction of sp³-hybridized carbons (Fsp3) is 0.447. The Morgan fingerprint density at radius 3 is 1.72 bits per heavy atom. The Morgan fingerprint density at radius 1 is 0.617 bits per heavy atom. The maximum atomic E-state index is 12.7. The summed E-state index contributed by atoms with van der Waals surface area (Å²) in [5, 5.41) is 0. The van der Waals surface area contributed by atoms with Crippen molar-refractivity contribution >= 4 is 5.97 Å². The molecule has 0 aliphatic heterocycles. The van der Waals surface area contributed by atoms with Crippen molar-refractivity contribution in [2.75, 3.05) is 46.6 Å². The van der Waals surface area contributed by atoms with Gasteiger partial charge in [-0.2, -0.15) is 0 Å². The zero-order valence-corrected chi connectivity index (χ0v) is 27.9. The Labute approximate surface area is 279 Å². The second kappa shape index (κ2) is 23.2. The summed E-state index contributed by atoms with van der Waals surface area (Å²) in [6.07, 6.45) is 9.80. The summed E-state index contributed by atoms with van der Waals surface area (Å²) in [5.41, 5.74) is 1.27. The molecule has 9 nitrogen and oxygen atoms in total. The van der Waals surface area contributed by atoms with E-state index in [9.17, 15) is 4.79 Å². The van der Waals surface area contributed by atoms with Crippen LogP contribution in [0.5, 0.6) is 28.7 Å². The Hall–Kier alpha value is -4.21. The number of aryl methyl sites for hydroxylation is 1. The van der Waals surface area contributed by atoms with Crippen molar-refractivity contribution in [2.24, 2.45) is 0 Å². The van der Waals surface area contributed by atoms with Gasteiger partial charge in [-0.1, -0.05) is 19.4 Å². The van der Waals surface area contributed by atoms with E-state index in [0.717, 1.165) is 81.6 Å². The number of hydrogen-bond donors (Lipinski definition) is 0. The number of benzene rings is 3. The Bertz CT molecular complexity index is 1280. The third-order valence-corrected chi connectivity index (χ3v) is 7.09. The zero-order chi connectivity index (χ0) is 33.4. The molecule has 0 heterocycles. The predicted molar refractivity (Wildman–Crippen MR) is 182 cm³/mol. The lowest BCUT2D eigenvalue weighted by molar-refractivity contribution is -0.0123. The van der Waals surface area contributed by atoms with Crippen LogP contribution < -0.4 is 23.7 Å². The zero-order valence-electron chi connectivity index (χ0n) is 27.9. The first-order valence-corrected chi connectivity index (χ1v) is 16.5. The summed E-state index contributed by atoms with van der Waals surface area (Å²) in [4.78, 5) is 12.7. The number of carbonyl (C=O) groups is 1. The minimum Gasteiger partial charge on any atom is -0.494 e. The molecule has 3 aromatic rings. The average molecular weight is 651 g/mol. The van der Waals surface area contributed by atoms with E-state index in [2.05, 4.69) is 6.58 Å². The van der Waals surface area contributed by atoms with Crippen LogP contribution in [0.2, 0.25) is 0 Å². The van der Waals surface area contributed by atoms with Crippen molar-refractivity contribution in [3.8, 4) is 28.7 Å². The molecule has 0 aliphatic rings. The second-order valence-corrected chi connectivity index (χ2v) is 10.8. The number of carbonyl (C=O) groups excluding carboxylic acids is 1. The first kappa shape index (κ1) is 37.2. The van der Waals surface area contributed by atoms with Crippen LogP contribution in [0.15, 0.2) is 79.6 Å². The SMILES string of the molecule is C=COCOCCCCCCOc1ccc(OCOc2ccc(OC(=O)c3ccc(OCCCCCCOCC)cc3)cc2C)cc1. The second-order valence-electron chi connectivity index (χ2n) is 10.8. The molecule has 0 amide bonds. The van der Waals surface area contributed by atoms with Crippen LogP contribution >= 0.6 is 0 Å². The smallest absolute Gasteiger partial charge is 0.343 e. The fourth-order valence-electron chi connectivity index (χ4n) is 4.49. The molecule has 47 heavy (non-hydrogen) atoms. The van der Waals surface area contributed by atoms with Crippen molar-refractivity contribution in [1.29, 1.82) is 0 Å². The molecule has 0 bridgehead atoms. The van der Waals surface area contributed by atoms with Crippen molar-refractivity contribution < 1.29 is 42.7 Å². The van der Waals surface area contributed by atoms with E-state index in [1.165, 1.54) is 6.26 Å². The summed E-state index contributed by atoms with van der Waals surface area (Å²) < 4.78 is 44.3. The van der Waals surface area contributed by atoms with Crippen LogP contribution in [0.3, 0.4) is 0 Å². The van der Waals surface area contributed by atoms with Gasteiger partial charge in [-0.05, 0) is 125 Å². The van der Waals surface area contributed by atoms with Crippen LogP contribution in [0.4, 0.5) is 0 Å². The van der Waals surface area contributed by atoms with Gasteiger partial charge in [0.15, 0.2) is 6.79 Å². The van der Waals surface area contributed by atoms with E-state index >= 15 is 0 Å². The molecular formula is C38H50O9. The van der Waals surface area contributed by atoms with Gasteiger partial charge < -0.3 is 37.9 Å². The summed E-state index contributed by atoms with van der Waals surface area (Å²) in [7, 11) is 0. The number of rotatable bonds is 26.